The van der Waals surface area contributed by atoms with Gasteiger partial charge in [0.05, 0.1) is 6.04 Å². The Morgan fingerprint density at radius 2 is 2.08 bits per heavy atom. The van der Waals surface area contributed by atoms with Crippen molar-refractivity contribution in [2.45, 2.75) is 33.2 Å². The van der Waals surface area contributed by atoms with Gasteiger partial charge in [-0.15, -0.1) is 0 Å². The van der Waals surface area contributed by atoms with Gasteiger partial charge in [0, 0.05) is 18.0 Å². The van der Waals surface area contributed by atoms with Crippen LogP contribution in [0.4, 0.5) is 0 Å². The van der Waals surface area contributed by atoms with Gasteiger partial charge in [-0.1, -0.05) is 32.6 Å². The number of carbonyl (C=O) groups excluding carboxylic acids is 1. The first-order valence-corrected chi connectivity index (χ1v) is 8.53. The van der Waals surface area contributed by atoms with Crippen molar-refractivity contribution in [3.05, 3.63) is 72.1 Å². The Labute approximate surface area is 149 Å². The van der Waals surface area contributed by atoms with Crippen molar-refractivity contribution in [3.8, 4) is 5.75 Å². The van der Waals surface area contributed by atoms with Crippen LogP contribution in [-0.4, -0.2) is 17.5 Å². The minimum Gasteiger partial charge on any atom is -0.489 e. The lowest BCUT2D eigenvalue weighted by Crippen LogP contribution is -2.29. The Kier molecular flexibility index (Phi) is 6.75. The van der Waals surface area contributed by atoms with Gasteiger partial charge < -0.3 is 10.1 Å². The summed E-state index contributed by atoms with van der Waals surface area (Å²) in [5, 5.41) is 3.12. The molecule has 4 heteroatoms. The zero-order chi connectivity index (χ0) is 18.2. The lowest BCUT2D eigenvalue weighted by atomic mass is 9.98. The molecular formula is C21H26N2O2. The molecule has 0 bridgehead atoms. The minimum atomic E-state index is -0.115. The molecule has 1 aromatic heterocycles. The Morgan fingerprint density at radius 3 is 2.72 bits per heavy atom. The molecule has 0 spiro atoms. The van der Waals surface area contributed by atoms with Crippen molar-refractivity contribution < 1.29 is 9.53 Å². The lowest BCUT2D eigenvalue weighted by Gasteiger charge is -2.21. The van der Waals surface area contributed by atoms with Crippen LogP contribution in [0.15, 0.2) is 60.9 Å². The Bertz CT molecular complexity index is 711. The fraction of sp³-hybridized carbons (Fsp3) is 0.333. The topological polar surface area (TPSA) is 51.2 Å². The predicted molar refractivity (Wildman–Crippen MR) is 101 cm³/mol. The minimum absolute atomic E-state index is 0.0683. The van der Waals surface area contributed by atoms with Gasteiger partial charge in [-0.25, -0.2) is 0 Å². The third-order valence-electron chi connectivity index (χ3n) is 3.68. The lowest BCUT2D eigenvalue weighted by molar-refractivity contribution is 0.0931. The Morgan fingerprint density at radius 1 is 1.28 bits per heavy atom. The summed E-state index contributed by atoms with van der Waals surface area (Å²) in [6.07, 6.45) is 4.39. The van der Waals surface area contributed by atoms with Gasteiger partial charge in [0.2, 0.25) is 0 Å². The number of hydrogen-bond acceptors (Lipinski definition) is 3. The van der Waals surface area contributed by atoms with Gasteiger partial charge >= 0.3 is 0 Å². The fourth-order valence-corrected chi connectivity index (χ4v) is 2.51. The summed E-state index contributed by atoms with van der Waals surface area (Å²) in [6.45, 7) is 10.4. The number of nitrogens with one attached hydrogen (secondary N) is 1. The maximum Gasteiger partial charge on any atom is 0.251 e. The standard InChI is InChI=1S/C21H26N2O2/c1-15(2)11-20(18-8-6-10-22-13-18)23-21(24)17-7-5-9-19(12-17)25-14-16(3)4/h5-10,12-13,15,20H,3,11,14H2,1-2,4H3,(H,23,24). The molecule has 132 valence electrons. The molecule has 1 aromatic carbocycles. The smallest absolute Gasteiger partial charge is 0.251 e. The SMILES string of the molecule is C=C(C)COc1cccc(C(=O)NC(CC(C)C)c2cccnc2)c1. The number of amides is 1. The van der Waals surface area contributed by atoms with Crippen LogP contribution < -0.4 is 10.1 Å². The van der Waals surface area contributed by atoms with Crippen LogP contribution in [0.1, 0.15) is 49.2 Å². The summed E-state index contributed by atoms with van der Waals surface area (Å²) in [6, 6.07) is 11.0. The second-order valence-electron chi connectivity index (χ2n) is 6.72. The Balaban J connectivity index is 2.12. The summed E-state index contributed by atoms with van der Waals surface area (Å²) in [5.41, 5.74) is 2.53. The molecule has 0 aliphatic rings. The Hall–Kier alpha value is -2.62. The number of pyridine rings is 1. The van der Waals surface area contributed by atoms with Crippen molar-refractivity contribution in [2.24, 2.45) is 5.92 Å². The summed E-state index contributed by atoms with van der Waals surface area (Å²) in [5.74, 6) is 1.00. The van der Waals surface area contributed by atoms with Gasteiger partial charge in [-0.3, -0.25) is 9.78 Å². The molecule has 1 unspecified atom stereocenters. The van der Waals surface area contributed by atoms with Crippen LogP contribution in [0, 0.1) is 5.92 Å². The number of carbonyl (C=O) groups is 1. The average molecular weight is 338 g/mol. The molecule has 1 amide bonds. The summed E-state index contributed by atoms with van der Waals surface area (Å²) >= 11 is 0. The first-order chi connectivity index (χ1) is 12.0. The fourth-order valence-electron chi connectivity index (χ4n) is 2.51. The van der Waals surface area contributed by atoms with Gasteiger partial charge in [0.15, 0.2) is 0 Å². The van der Waals surface area contributed by atoms with Crippen molar-refractivity contribution in [3.63, 3.8) is 0 Å². The van der Waals surface area contributed by atoms with E-state index in [1.165, 1.54) is 0 Å². The van der Waals surface area contributed by atoms with Gasteiger partial charge in [-0.05, 0) is 54.7 Å². The highest BCUT2D eigenvalue weighted by Crippen LogP contribution is 2.22. The van der Waals surface area contributed by atoms with Crippen molar-refractivity contribution in [1.82, 2.24) is 10.3 Å². The molecule has 0 radical (unpaired) electrons. The highest BCUT2D eigenvalue weighted by molar-refractivity contribution is 5.94. The molecule has 2 aromatic rings. The van der Waals surface area contributed by atoms with E-state index in [1.807, 2.05) is 31.2 Å². The van der Waals surface area contributed by atoms with E-state index in [1.54, 1.807) is 24.5 Å². The van der Waals surface area contributed by atoms with Gasteiger partial charge in [0.1, 0.15) is 12.4 Å². The number of hydrogen-bond donors (Lipinski definition) is 1. The molecule has 0 saturated heterocycles. The summed E-state index contributed by atoms with van der Waals surface area (Å²) in [4.78, 5) is 16.9. The number of benzene rings is 1. The number of nitrogens with zero attached hydrogens (tertiary/aromatic N) is 1. The monoisotopic (exact) mass is 338 g/mol. The zero-order valence-electron chi connectivity index (χ0n) is 15.2. The number of rotatable bonds is 8. The largest absolute Gasteiger partial charge is 0.489 e. The number of ether oxygens (including phenoxy) is 1. The maximum absolute atomic E-state index is 12.7. The zero-order valence-corrected chi connectivity index (χ0v) is 15.2. The second kappa shape index (κ2) is 9.02. The van der Waals surface area contributed by atoms with E-state index in [4.69, 9.17) is 4.74 Å². The molecule has 0 aliphatic carbocycles. The van der Waals surface area contributed by atoms with Crippen LogP contribution >= 0.6 is 0 Å². The van der Waals surface area contributed by atoms with E-state index in [0.717, 1.165) is 17.6 Å². The summed E-state index contributed by atoms with van der Waals surface area (Å²) in [7, 11) is 0. The number of aromatic nitrogens is 1. The molecule has 1 heterocycles. The molecular weight excluding hydrogens is 312 g/mol. The van der Waals surface area contributed by atoms with Gasteiger partial charge in [-0.2, -0.15) is 0 Å². The summed E-state index contributed by atoms with van der Waals surface area (Å²) < 4.78 is 5.62. The van der Waals surface area contributed by atoms with Crippen LogP contribution in [-0.2, 0) is 0 Å². The first-order valence-electron chi connectivity index (χ1n) is 8.53. The molecule has 2 rings (SSSR count). The van der Waals surface area contributed by atoms with E-state index in [2.05, 4.69) is 30.7 Å². The van der Waals surface area contributed by atoms with Crippen molar-refractivity contribution >= 4 is 5.91 Å². The van der Waals surface area contributed by atoms with Crippen molar-refractivity contribution in [2.75, 3.05) is 6.61 Å². The van der Waals surface area contributed by atoms with Crippen LogP contribution in [0.3, 0.4) is 0 Å². The highest BCUT2D eigenvalue weighted by atomic mass is 16.5. The quantitative estimate of drug-likeness (QED) is 0.718. The first kappa shape index (κ1) is 18.7. The molecule has 4 nitrogen and oxygen atoms in total. The third-order valence-corrected chi connectivity index (χ3v) is 3.68. The maximum atomic E-state index is 12.7. The van der Waals surface area contributed by atoms with Crippen LogP contribution in [0.2, 0.25) is 0 Å². The van der Waals surface area contributed by atoms with E-state index < -0.39 is 0 Å². The van der Waals surface area contributed by atoms with E-state index in [9.17, 15) is 4.79 Å². The molecule has 1 N–H and O–H groups in total. The second-order valence-corrected chi connectivity index (χ2v) is 6.72. The van der Waals surface area contributed by atoms with E-state index >= 15 is 0 Å². The van der Waals surface area contributed by atoms with E-state index in [-0.39, 0.29) is 11.9 Å². The van der Waals surface area contributed by atoms with Crippen LogP contribution in [0.5, 0.6) is 5.75 Å². The van der Waals surface area contributed by atoms with Gasteiger partial charge in [0.25, 0.3) is 5.91 Å². The average Bonchev–Trinajstić information content (AvgIpc) is 2.60. The molecule has 1 atom stereocenters. The van der Waals surface area contributed by atoms with E-state index in [0.29, 0.717) is 23.8 Å². The normalized spacial score (nSPS) is 11.8. The predicted octanol–water partition coefficient (Wildman–Crippen LogP) is 4.55. The van der Waals surface area contributed by atoms with Crippen LogP contribution in [0.25, 0.3) is 0 Å². The molecule has 0 saturated carbocycles. The third kappa shape index (κ3) is 6.07. The molecule has 25 heavy (non-hydrogen) atoms. The molecule has 0 fully saturated rings. The highest BCUT2D eigenvalue weighted by Gasteiger charge is 2.17. The molecule has 0 aliphatic heterocycles. The van der Waals surface area contributed by atoms with Crippen molar-refractivity contribution in [1.29, 1.82) is 0 Å².